The van der Waals surface area contributed by atoms with E-state index in [9.17, 15) is 9.59 Å². The predicted octanol–water partition coefficient (Wildman–Crippen LogP) is 5.06. The highest BCUT2D eigenvalue weighted by molar-refractivity contribution is 6.31. The van der Waals surface area contributed by atoms with Gasteiger partial charge in [-0.1, -0.05) is 79.4 Å². The van der Waals surface area contributed by atoms with E-state index in [4.69, 9.17) is 11.6 Å². The summed E-state index contributed by atoms with van der Waals surface area (Å²) in [5, 5.41) is 3.75. The van der Waals surface area contributed by atoms with Crippen molar-refractivity contribution in [1.29, 1.82) is 0 Å². The van der Waals surface area contributed by atoms with Crippen molar-refractivity contribution in [2.75, 3.05) is 0 Å². The lowest BCUT2D eigenvalue weighted by Crippen LogP contribution is -2.51. The number of aryl methyl sites for hydroxylation is 1. The van der Waals surface area contributed by atoms with Gasteiger partial charge in [0.2, 0.25) is 11.8 Å². The molecule has 0 heterocycles. The molecular weight excluding hydrogens is 396 g/mol. The first-order valence-corrected chi connectivity index (χ1v) is 11.2. The van der Waals surface area contributed by atoms with Gasteiger partial charge in [-0.05, 0) is 43.4 Å². The van der Waals surface area contributed by atoms with Crippen molar-refractivity contribution in [1.82, 2.24) is 10.2 Å². The summed E-state index contributed by atoms with van der Waals surface area (Å²) in [5.74, 6) is -0.136. The average molecular weight is 427 g/mol. The highest BCUT2D eigenvalue weighted by Crippen LogP contribution is 2.21. The van der Waals surface area contributed by atoms with Crippen LogP contribution in [-0.4, -0.2) is 28.8 Å². The second-order valence-corrected chi connectivity index (χ2v) is 8.60. The van der Waals surface area contributed by atoms with Crippen LogP contribution in [0.1, 0.15) is 55.7 Å². The largest absolute Gasteiger partial charge is 0.352 e. The van der Waals surface area contributed by atoms with Gasteiger partial charge in [0.15, 0.2) is 0 Å². The Balaban J connectivity index is 1.83. The minimum absolute atomic E-state index is 0.0513. The number of halogens is 1. The second kappa shape index (κ2) is 10.6. The first-order valence-electron chi connectivity index (χ1n) is 10.9. The molecule has 4 nitrogen and oxygen atoms in total. The van der Waals surface area contributed by atoms with Gasteiger partial charge in [0, 0.05) is 17.6 Å². The van der Waals surface area contributed by atoms with Crippen molar-refractivity contribution in [3.05, 3.63) is 70.2 Å². The molecule has 0 saturated heterocycles. The number of hydrogen-bond donors (Lipinski definition) is 1. The monoisotopic (exact) mass is 426 g/mol. The van der Waals surface area contributed by atoms with E-state index in [1.165, 1.54) is 0 Å². The van der Waals surface area contributed by atoms with E-state index in [1.807, 2.05) is 50.2 Å². The fraction of sp³-hybridized carbons (Fsp3) is 0.440. The molecular formula is C25H31ClN2O2. The molecule has 1 aliphatic carbocycles. The van der Waals surface area contributed by atoms with Crippen LogP contribution in [0.15, 0.2) is 48.5 Å². The Hall–Kier alpha value is -2.33. The third-order valence-corrected chi connectivity index (χ3v) is 6.19. The van der Waals surface area contributed by atoms with Crippen molar-refractivity contribution in [3.63, 3.8) is 0 Å². The Labute approximate surface area is 184 Å². The number of carbonyl (C=O) groups excluding carboxylic acids is 2. The summed E-state index contributed by atoms with van der Waals surface area (Å²) in [6.07, 6.45) is 5.10. The molecule has 0 unspecified atom stereocenters. The summed E-state index contributed by atoms with van der Waals surface area (Å²) >= 11 is 6.29. The molecule has 1 atom stereocenters. The molecule has 0 aromatic heterocycles. The summed E-state index contributed by atoms with van der Waals surface area (Å²) in [5.41, 5.74) is 2.94. The van der Waals surface area contributed by atoms with E-state index in [1.54, 1.807) is 11.0 Å². The molecule has 2 aromatic carbocycles. The second-order valence-electron chi connectivity index (χ2n) is 8.19. The molecule has 0 aliphatic heterocycles. The topological polar surface area (TPSA) is 49.4 Å². The normalized spacial score (nSPS) is 15.0. The highest BCUT2D eigenvalue weighted by Gasteiger charge is 2.30. The van der Waals surface area contributed by atoms with Crippen LogP contribution < -0.4 is 5.32 Å². The van der Waals surface area contributed by atoms with Crippen LogP contribution in [0.25, 0.3) is 0 Å². The number of hydrogen-bond acceptors (Lipinski definition) is 2. The minimum atomic E-state index is -0.499. The molecule has 3 rings (SSSR count). The molecule has 0 radical (unpaired) electrons. The molecule has 1 fully saturated rings. The first kappa shape index (κ1) is 22.4. The van der Waals surface area contributed by atoms with Crippen LogP contribution in [-0.2, 0) is 22.6 Å². The molecule has 1 saturated carbocycles. The van der Waals surface area contributed by atoms with Gasteiger partial charge in [0.25, 0.3) is 0 Å². The number of benzene rings is 2. The summed E-state index contributed by atoms with van der Waals surface area (Å²) < 4.78 is 0. The zero-order chi connectivity index (χ0) is 21.5. The fourth-order valence-corrected chi connectivity index (χ4v) is 4.40. The van der Waals surface area contributed by atoms with Crippen LogP contribution in [0, 0.1) is 6.92 Å². The lowest BCUT2D eigenvalue weighted by molar-refractivity contribution is -0.141. The summed E-state index contributed by atoms with van der Waals surface area (Å²) in [6.45, 7) is 4.40. The highest BCUT2D eigenvalue weighted by atomic mass is 35.5. The molecule has 30 heavy (non-hydrogen) atoms. The SMILES string of the molecule is CC[C@@H](C(=O)NC1CCCC1)N(Cc1cccc(C)c1)C(=O)Cc1ccccc1Cl. The van der Waals surface area contributed by atoms with Gasteiger partial charge in [-0.3, -0.25) is 9.59 Å². The van der Waals surface area contributed by atoms with E-state index in [0.29, 0.717) is 18.0 Å². The van der Waals surface area contributed by atoms with Crippen molar-refractivity contribution in [3.8, 4) is 0 Å². The molecule has 160 valence electrons. The average Bonchev–Trinajstić information content (AvgIpc) is 3.22. The fourth-order valence-electron chi connectivity index (χ4n) is 4.20. The third-order valence-electron chi connectivity index (χ3n) is 5.82. The maximum Gasteiger partial charge on any atom is 0.243 e. The van der Waals surface area contributed by atoms with Crippen molar-refractivity contribution in [2.45, 2.75) is 71.0 Å². The van der Waals surface area contributed by atoms with Crippen LogP contribution >= 0.6 is 11.6 Å². The van der Waals surface area contributed by atoms with Crippen LogP contribution in [0.5, 0.6) is 0 Å². The van der Waals surface area contributed by atoms with Crippen molar-refractivity contribution in [2.24, 2.45) is 0 Å². The molecule has 0 spiro atoms. The number of carbonyl (C=O) groups is 2. The Bertz CT molecular complexity index is 877. The number of nitrogens with one attached hydrogen (secondary N) is 1. The van der Waals surface area contributed by atoms with Gasteiger partial charge >= 0.3 is 0 Å². The molecule has 0 bridgehead atoms. The van der Waals surface area contributed by atoms with E-state index in [-0.39, 0.29) is 24.3 Å². The first-order chi connectivity index (χ1) is 14.5. The van der Waals surface area contributed by atoms with Gasteiger partial charge in [-0.15, -0.1) is 0 Å². The van der Waals surface area contributed by atoms with Crippen LogP contribution in [0.4, 0.5) is 0 Å². The summed E-state index contributed by atoms with van der Waals surface area (Å²) in [7, 11) is 0. The zero-order valence-corrected chi connectivity index (χ0v) is 18.6. The molecule has 5 heteroatoms. The van der Waals surface area contributed by atoms with E-state index in [2.05, 4.69) is 11.4 Å². The van der Waals surface area contributed by atoms with E-state index < -0.39 is 6.04 Å². The van der Waals surface area contributed by atoms with Gasteiger partial charge in [-0.25, -0.2) is 0 Å². The van der Waals surface area contributed by atoms with Crippen molar-refractivity contribution >= 4 is 23.4 Å². The Kier molecular flexibility index (Phi) is 7.92. The van der Waals surface area contributed by atoms with Gasteiger partial charge in [-0.2, -0.15) is 0 Å². The van der Waals surface area contributed by atoms with Gasteiger partial charge in [0.1, 0.15) is 6.04 Å². The summed E-state index contributed by atoms with van der Waals surface area (Å²) in [6, 6.07) is 15.2. The number of nitrogens with zero attached hydrogens (tertiary/aromatic N) is 1. The summed E-state index contributed by atoms with van der Waals surface area (Å²) in [4.78, 5) is 28.2. The molecule has 2 amide bonds. The minimum Gasteiger partial charge on any atom is -0.352 e. The Morgan fingerprint density at radius 2 is 1.87 bits per heavy atom. The van der Waals surface area contributed by atoms with E-state index in [0.717, 1.165) is 42.4 Å². The maximum atomic E-state index is 13.4. The van der Waals surface area contributed by atoms with E-state index >= 15 is 0 Å². The lowest BCUT2D eigenvalue weighted by atomic mass is 10.1. The molecule has 1 N–H and O–H groups in total. The zero-order valence-electron chi connectivity index (χ0n) is 17.9. The molecule has 1 aliphatic rings. The van der Waals surface area contributed by atoms with Crippen LogP contribution in [0.3, 0.4) is 0 Å². The number of rotatable bonds is 8. The van der Waals surface area contributed by atoms with Crippen LogP contribution in [0.2, 0.25) is 5.02 Å². The lowest BCUT2D eigenvalue weighted by Gasteiger charge is -2.32. The Morgan fingerprint density at radius 3 is 2.53 bits per heavy atom. The standard InChI is InChI=1S/C25H31ClN2O2/c1-3-23(25(30)27-21-12-5-6-13-21)28(17-19-10-8-9-18(2)15-19)24(29)16-20-11-4-7-14-22(20)26/h4,7-11,14-15,21,23H,3,5-6,12-13,16-17H2,1-2H3,(H,27,30)/t23-/m0/s1. The van der Waals surface area contributed by atoms with Crippen molar-refractivity contribution < 1.29 is 9.59 Å². The Morgan fingerprint density at radius 1 is 1.13 bits per heavy atom. The third kappa shape index (κ3) is 5.85. The number of amides is 2. The molecule has 2 aromatic rings. The quantitative estimate of drug-likeness (QED) is 0.641. The van der Waals surface area contributed by atoms with Gasteiger partial charge < -0.3 is 10.2 Å². The predicted molar refractivity (Wildman–Crippen MR) is 121 cm³/mol. The maximum absolute atomic E-state index is 13.4. The van der Waals surface area contributed by atoms with Gasteiger partial charge in [0.05, 0.1) is 6.42 Å². The smallest absolute Gasteiger partial charge is 0.243 e.